The number of rotatable bonds is 6. The average Bonchev–Trinajstić information content (AvgIpc) is 2.87. The fourth-order valence-corrected chi connectivity index (χ4v) is 4.38. The van der Waals surface area contributed by atoms with Crippen molar-refractivity contribution in [2.75, 3.05) is 43.4 Å². The molecule has 10 nitrogen and oxygen atoms in total. The molecular formula is C25H23ClFN5O5. The van der Waals surface area contributed by atoms with Gasteiger partial charge in [-0.05, 0) is 49.4 Å². The molecule has 0 unspecified atom stereocenters. The van der Waals surface area contributed by atoms with E-state index in [1.54, 1.807) is 18.2 Å². The Hall–Kier alpha value is -4.09. The summed E-state index contributed by atoms with van der Waals surface area (Å²) in [4.78, 5) is 38.5. The molecule has 1 heterocycles. The number of amides is 1. The Bertz CT molecular complexity index is 1390. The van der Waals surface area contributed by atoms with Crippen LogP contribution in [0.1, 0.15) is 15.9 Å². The highest BCUT2D eigenvalue weighted by Gasteiger charge is 2.26. The molecule has 1 aliphatic rings. The number of nitrogens with zero attached hydrogens (tertiary/aromatic N) is 4. The molecule has 0 spiro atoms. The highest BCUT2D eigenvalue weighted by molar-refractivity contribution is 6.35. The second kappa shape index (κ2) is 10.5. The number of carbonyl (C=O) groups is 1. The minimum absolute atomic E-state index is 0.0470. The maximum absolute atomic E-state index is 14.3. The van der Waals surface area contributed by atoms with Crippen LogP contribution in [-0.4, -0.2) is 53.9 Å². The van der Waals surface area contributed by atoms with Crippen LogP contribution in [0.2, 0.25) is 5.02 Å². The van der Waals surface area contributed by atoms with Gasteiger partial charge < -0.3 is 15.1 Å². The summed E-state index contributed by atoms with van der Waals surface area (Å²) in [7, 11) is 2.02. The number of nitrogens with one attached hydrogen (secondary N) is 1. The van der Waals surface area contributed by atoms with E-state index in [1.807, 2.05) is 19.2 Å². The van der Waals surface area contributed by atoms with Crippen molar-refractivity contribution in [1.29, 1.82) is 0 Å². The van der Waals surface area contributed by atoms with E-state index >= 15 is 0 Å². The Balaban J connectivity index is 1.75. The van der Waals surface area contributed by atoms with Gasteiger partial charge in [-0.15, -0.1) is 0 Å². The number of piperazine rings is 1. The minimum Gasteiger partial charge on any atom is -0.367 e. The van der Waals surface area contributed by atoms with Gasteiger partial charge in [-0.25, -0.2) is 0 Å². The molecule has 0 bridgehead atoms. The van der Waals surface area contributed by atoms with Crippen molar-refractivity contribution >= 4 is 40.3 Å². The van der Waals surface area contributed by atoms with Crippen molar-refractivity contribution in [1.82, 2.24) is 4.90 Å². The molecule has 192 valence electrons. The molecule has 4 rings (SSSR count). The molecule has 1 fully saturated rings. The smallest absolute Gasteiger partial charge is 0.305 e. The first-order chi connectivity index (χ1) is 17.6. The first-order valence-corrected chi connectivity index (χ1v) is 11.7. The molecule has 0 aliphatic carbocycles. The van der Waals surface area contributed by atoms with E-state index in [0.29, 0.717) is 29.9 Å². The SMILES string of the molecule is Cc1c(F)c([N+](=O)[O-])cc(C(=O)Nc2cc(-c3ccc([N+](=O)[O-])cc3)ccc2N2CCN(C)CC2)c1Cl. The first kappa shape index (κ1) is 26.0. The van der Waals surface area contributed by atoms with Crippen molar-refractivity contribution in [2.24, 2.45) is 0 Å². The summed E-state index contributed by atoms with van der Waals surface area (Å²) in [6.07, 6.45) is 0. The Morgan fingerprint density at radius 3 is 2.19 bits per heavy atom. The molecule has 3 aromatic carbocycles. The lowest BCUT2D eigenvalue weighted by atomic mass is 10.0. The summed E-state index contributed by atoms with van der Waals surface area (Å²) in [6.45, 7) is 4.31. The van der Waals surface area contributed by atoms with E-state index in [0.717, 1.165) is 24.8 Å². The van der Waals surface area contributed by atoms with Crippen molar-refractivity contribution in [3.05, 3.63) is 90.7 Å². The summed E-state index contributed by atoms with van der Waals surface area (Å²) >= 11 is 6.21. The predicted molar refractivity (Wildman–Crippen MR) is 139 cm³/mol. The largest absolute Gasteiger partial charge is 0.367 e. The van der Waals surface area contributed by atoms with E-state index in [1.165, 1.54) is 19.1 Å². The van der Waals surface area contributed by atoms with Crippen LogP contribution < -0.4 is 10.2 Å². The van der Waals surface area contributed by atoms with Crippen LogP contribution in [0.15, 0.2) is 48.5 Å². The second-order valence-corrected chi connectivity index (χ2v) is 9.11. The van der Waals surface area contributed by atoms with Crippen molar-refractivity contribution < 1.29 is 19.0 Å². The van der Waals surface area contributed by atoms with Gasteiger partial charge in [-0.2, -0.15) is 4.39 Å². The van der Waals surface area contributed by atoms with Gasteiger partial charge in [0.1, 0.15) is 0 Å². The Labute approximate surface area is 216 Å². The van der Waals surface area contributed by atoms with Gasteiger partial charge in [-0.1, -0.05) is 17.7 Å². The van der Waals surface area contributed by atoms with E-state index in [9.17, 15) is 29.4 Å². The fourth-order valence-electron chi connectivity index (χ4n) is 4.16. The molecule has 0 atom stereocenters. The topological polar surface area (TPSA) is 122 Å². The van der Waals surface area contributed by atoms with Crippen molar-refractivity contribution in [3.63, 3.8) is 0 Å². The van der Waals surface area contributed by atoms with E-state index in [4.69, 9.17) is 11.6 Å². The predicted octanol–water partition coefficient (Wildman–Crippen LogP) is 5.28. The summed E-state index contributed by atoms with van der Waals surface area (Å²) < 4.78 is 14.3. The number of benzene rings is 3. The van der Waals surface area contributed by atoms with Crippen LogP contribution in [-0.2, 0) is 0 Å². The maximum atomic E-state index is 14.3. The standard InChI is InChI=1S/C25H23ClFN5O5/c1-15-23(26)19(14-22(24(15)27)32(36)37)25(33)28-20-13-17(16-3-6-18(7-4-16)31(34)35)5-8-21(20)30-11-9-29(2)10-12-30/h3-8,13-14H,9-12H2,1-2H3,(H,28,33). The van der Waals surface area contributed by atoms with Gasteiger partial charge >= 0.3 is 5.69 Å². The van der Waals surface area contributed by atoms with Crippen molar-refractivity contribution in [2.45, 2.75) is 6.92 Å². The summed E-state index contributed by atoms with van der Waals surface area (Å²) in [5.74, 6) is -1.82. The number of likely N-dealkylation sites (N-methyl/N-ethyl adjacent to an activating group) is 1. The molecule has 1 amide bonds. The highest BCUT2D eigenvalue weighted by atomic mass is 35.5. The normalized spacial score (nSPS) is 13.9. The second-order valence-electron chi connectivity index (χ2n) is 8.73. The lowest BCUT2D eigenvalue weighted by Crippen LogP contribution is -2.44. The van der Waals surface area contributed by atoms with E-state index in [2.05, 4.69) is 15.1 Å². The molecule has 1 N–H and O–H groups in total. The molecule has 1 aliphatic heterocycles. The zero-order valence-electron chi connectivity index (χ0n) is 20.0. The van der Waals surface area contributed by atoms with Gasteiger partial charge in [0.25, 0.3) is 11.6 Å². The minimum atomic E-state index is -1.09. The molecule has 37 heavy (non-hydrogen) atoms. The lowest BCUT2D eigenvalue weighted by molar-refractivity contribution is -0.387. The lowest BCUT2D eigenvalue weighted by Gasteiger charge is -2.35. The third-order valence-electron chi connectivity index (χ3n) is 6.34. The van der Waals surface area contributed by atoms with Crippen LogP contribution in [0.25, 0.3) is 11.1 Å². The average molecular weight is 528 g/mol. The van der Waals surface area contributed by atoms with E-state index < -0.39 is 27.3 Å². The summed E-state index contributed by atoms with van der Waals surface area (Å²) in [6, 6.07) is 12.3. The van der Waals surface area contributed by atoms with Crippen LogP contribution in [0.4, 0.5) is 27.1 Å². The molecule has 3 aromatic rings. The number of carbonyl (C=O) groups excluding carboxylic acids is 1. The maximum Gasteiger partial charge on any atom is 0.305 e. The molecule has 12 heteroatoms. The molecule has 1 saturated heterocycles. The van der Waals surface area contributed by atoms with Crippen LogP contribution >= 0.6 is 11.6 Å². The number of hydrogen-bond acceptors (Lipinski definition) is 7. The Kier molecular flexibility index (Phi) is 7.37. The molecule has 0 aromatic heterocycles. The quantitative estimate of drug-likeness (QED) is 0.342. The Morgan fingerprint density at radius 2 is 1.59 bits per heavy atom. The van der Waals surface area contributed by atoms with Gasteiger partial charge in [0.2, 0.25) is 5.82 Å². The third-order valence-corrected chi connectivity index (χ3v) is 6.83. The summed E-state index contributed by atoms with van der Waals surface area (Å²) in [5.41, 5.74) is 1.23. The van der Waals surface area contributed by atoms with Crippen LogP contribution in [0, 0.1) is 33.0 Å². The fraction of sp³-hybridized carbons (Fsp3) is 0.240. The number of hydrogen-bond donors (Lipinski definition) is 1. The number of nitro groups is 2. The van der Waals surface area contributed by atoms with Gasteiger partial charge in [0.05, 0.1) is 31.8 Å². The highest BCUT2D eigenvalue weighted by Crippen LogP contribution is 2.35. The Morgan fingerprint density at radius 1 is 0.973 bits per heavy atom. The third kappa shape index (κ3) is 5.37. The number of anilines is 2. The number of non-ortho nitro benzene ring substituents is 1. The van der Waals surface area contributed by atoms with Gasteiger partial charge in [-0.3, -0.25) is 25.0 Å². The van der Waals surface area contributed by atoms with Crippen LogP contribution in [0.5, 0.6) is 0 Å². The van der Waals surface area contributed by atoms with Crippen molar-refractivity contribution in [3.8, 4) is 11.1 Å². The molecule has 0 saturated carbocycles. The zero-order valence-corrected chi connectivity index (χ0v) is 20.8. The first-order valence-electron chi connectivity index (χ1n) is 11.3. The number of halogens is 2. The van der Waals surface area contributed by atoms with Gasteiger partial charge in [0.15, 0.2) is 0 Å². The monoisotopic (exact) mass is 527 g/mol. The molecule has 0 radical (unpaired) electrons. The molecular weight excluding hydrogens is 505 g/mol. The van der Waals surface area contributed by atoms with Crippen LogP contribution in [0.3, 0.4) is 0 Å². The zero-order chi connectivity index (χ0) is 26.9. The van der Waals surface area contributed by atoms with Gasteiger partial charge in [0, 0.05) is 49.9 Å². The summed E-state index contributed by atoms with van der Waals surface area (Å²) in [5, 5.41) is 24.9. The van der Waals surface area contributed by atoms with E-state index in [-0.39, 0.29) is 21.8 Å². The number of nitro benzene ring substituents is 2.